The zero-order chi connectivity index (χ0) is 15.6. The molecule has 0 radical (unpaired) electrons. The predicted molar refractivity (Wildman–Crippen MR) is 78.5 cm³/mol. The number of rotatable bonds is 1. The molecule has 1 N–H and O–H groups in total. The summed E-state index contributed by atoms with van der Waals surface area (Å²) in [4.78, 5) is 26.4. The summed E-state index contributed by atoms with van der Waals surface area (Å²) in [5.41, 5.74) is 0.781. The van der Waals surface area contributed by atoms with Crippen molar-refractivity contribution >= 4 is 11.9 Å². The summed E-state index contributed by atoms with van der Waals surface area (Å²) in [5, 5.41) is 11.4. The summed E-state index contributed by atoms with van der Waals surface area (Å²) >= 11 is 0. The molecule has 22 heavy (non-hydrogen) atoms. The number of nitrogens with zero attached hydrogens (tertiary/aromatic N) is 1. The lowest BCUT2D eigenvalue weighted by atomic mass is 9.64. The van der Waals surface area contributed by atoms with Crippen molar-refractivity contribution < 1.29 is 19.4 Å². The van der Waals surface area contributed by atoms with Gasteiger partial charge in [-0.3, -0.25) is 9.59 Å². The maximum Gasteiger partial charge on any atom is 0.309 e. The van der Waals surface area contributed by atoms with Crippen molar-refractivity contribution in [3.05, 3.63) is 11.3 Å². The molecule has 4 aliphatic rings. The number of amides is 1. The van der Waals surface area contributed by atoms with Crippen molar-refractivity contribution in [3.8, 4) is 0 Å². The third-order valence-corrected chi connectivity index (χ3v) is 6.14. The van der Waals surface area contributed by atoms with Crippen LogP contribution in [-0.4, -0.2) is 40.1 Å². The quantitative estimate of drug-likeness (QED) is 0.747. The van der Waals surface area contributed by atoms with Gasteiger partial charge >= 0.3 is 5.97 Å². The maximum absolute atomic E-state index is 12.5. The monoisotopic (exact) mass is 305 g/mol. The Hall–Kier alpha value is -1.36. The molecule has 1 amide bonds. The van der Waals surface area contributed by atoms with Crippen LogP contribution in [0.15, 0.2) is 11.3 Å². The first-order valence-electron chi connectivity index (χ1n) is 8.45. The molecule has 0 unspecified atom stereocenters. The largest absolute Gasteiger partial charge is 0.461 e. The molecule has 5 atom stereocenters. The number of ether oxygens (including phenoxy) is 1. The van der Waals surface area contributed by atoms with Crippen molar-refractivity contribution in [1.82, 2.24) is 4.90 Å². The first-order chi connectivity index (χ1) is 10.5. The number of carbonyl (C=O) groups is 2. The smallest absolute Gasteiger partial charge is 0.309 e. The summed E-state index contributed by atoms with van der Waals surface area (Å²) in [7, 11) is 0. The highest BCUT2D eigenvalue weighted by atomic mass is 16.6. The zero-order valence-electron chi connectivity index (χ0n) is 13.2. The van der Waals surface area contributed by atoms with Gasteiger partial charge in [-0.1, -0.05) is 13.8 Å². The second kappa shape index (κ2) is 4.57. The molecule has 0 spiro atoms. The third kappa shape index (κ3) is 1.58. The first-order valence-corrected chi connectivity index (χ1v) is 8.45. The Morgan fingerprint density at radius 1 is 1.36 bits per heavy atom. The van der Waals surface area contributed by atoms with Gasteiger partial charge < -0.3 is 14.7 Å². The molecule has 0 saturated carbocycles. The van der Waals surface area contributed by atoms with Crippen molar-refractivity contribution in [2.45, 2.75) is 57.7 Å². The van der Waals surface area contributed by atoms with Crippen LogP contribution in [0.4, 0.5) is 0 Å². The van der Waals surface area contributed by atoms with E-state index in [0.29, 0.717) is 6.54 Å². The van der Waals surface area contributed by atoms with Crippen LogP contribution >= 0.6 is 0 Å². The fraction of sp³-hybridized carbons (Fsp3) is 0.765. The van der Waals surface area contributed by atoms with E-state index in [4.69, 9.17) is 4.74 Å². The number of esters is 1. The van der Waals surface area contributed by atoms with E-state index < -0.39 is 5.60 Å². The molecule has 0 aromatic rings. The van der Waals surface area contributed by atoms with Gasteiger partial charge in [0.1, 0.15) is 11.7 Å². The molecule has 0 aromatic carbocycles. The average molecular weight is 305 g/mol. The normalized spacial score (nSPS) is 43.9. The van der Waals surface area contributed by atoms with Crippen LogP contribution < -0.4 is 0 Å². The van der Waals surface area contributed by atoms with Crippen LogP contribution in [0.3, 0.4) is 0 Å². The molecule has 0 aromatic heterocycles. The van der Waals surface area contributed by atoms with E-state index in [1.54, 1.807) is 4.90 Å². The molecule has 1 aliphatic carbocycles. The lowest BCUT2D eigenvalue weighted by molar-refractivity contribution is -0.145. The van der Waals surface area contributed by atoms with E-state index in [1.165, 1.54) is 0 Å². The molecular weight excluding hydrogens is 282 g/mol. The second-order valence-corrected chi connectivity index (χ2v) is 7.21. The van der Waals surface area contributed by atoms with Crippen LogP contribution in [0.2, 0.25) is 0 Å². The van der Waals surface area contributed by atoms with Crippen LogP contribution in [-0.2, 0) is 14.3 Å². The van der Waals surface area contributed by atoms with E-state index in [-0.39, 0.29) is 42.2 Å². The fourth-order valence-electron chi connectivity index (χ4n) is 5.24. The number of fused-ring (bicyclic) bond motifs is 2. The minimum Gasteiger partial charge on any atom is -0.461 e. The van der Waals surface area contributed by atoms with Gasteiger partial charge in [-0.05, 0) is 31.3 Å². The van der Waals surface area contributed by atoms with Crippen LogP contribution in [0.5, 0.6) is 0 Å². The summed E-state index contributed by atoms with van der Waals surface area (Å²) in [6.07, 6.45) is 3.59. The topological polar surface area (TPSA) is 66.8 Å². The van der Waals surface area contributed by atoms with Crippen molar-refractivity contribution in [2.75, 3.05) is 6.54 Å². The summed E-state index contributed by atoms with van der Waals surface area (Å²) < 4.78 is 5.66. The lowest BCUT2D eigenvalue weighted by Gasteiger charge is -2.44. The average Bonchev–Trinajstić information content (AvgIpc) is 2.80. The molecule has 3 heterocycles. The van der Waals surface area contributed by atoms with Gasteiger partial charge in [0.2, 0.25) is 5.91 Å². The summed E-state index contributed by atoms with van der Waals surface area (Å²) in [6.45, 7) is 4.62. The molecule has 120 valence electrons. The van der Waals surface area contributed by atoms with Gasteiger partial charge in [-0.25, -0.2) is 0 Å². The minimum atomic E-state index is -1.21. The van der Waals surface area contributed by atoms with Crippen LogP contribution in [0.25, 0.3) is 0 Å². The Morgan fingerprint density at radius 2 is 2.14 bits per heavy atom. The number of hydrogen-bond acceptors (Lipinski definition) is 4. The third-order valence-electron chi connectivity index (χ3n) is 6.14. The number of aliphatic hydroxyl groups is 1. The molecule has 4 rings (SSSR count). The molecule has 5 heteroatoms. The Bertz CT molecular complexity index is 583. The van der Waals surface area contributed by atoms with Gasteiger partial charge in [0.25, 0.3) is 0 Å². The molecule has 5 nitrogen and oxygen atoms in total. The number of carbonyl (C=O) groups excluding carboxylic acids is 2. The Labute approximate surface area is 130 Å². The van der Waals surface area contributed by atoms with Crippen molar-refractivity contribution in [3.63, 3.8) is 0 Å². The SMILES string of the molecule is CC[C@@H]1C2=C3N(CCCC2)C(=O)C[C@@]3(O)[C@@H]2[C@H]1OC(=O)[C@H]2C. The predicted octanol–water partition coefficient (Wildman–Crippen LogP) is 1.61. The summed E-state index contributed by atoms with van der Waals surface area (Å²) in [6, 6.07) is 0. The summed E-state index contributed by atoms with van der Waals surface area (Å²) in [5.74, 6) is -0.741. The Balaban J connectivity index is 1.92. The van der Waals surface area contributed by atoms with E-state index in [0.717, 1.165) is 37.0 Å². The van der Waals surface area contributed by atoms with Gasteiger partial charge in [-0.15, -0.1) is 0 Å². The lowest BCUT2D eigenvalue weighted by Crippen LogP contribution is -2.52. The highest BCUT2D eigenvalue weighted by Crippen LogP contribution is 2.56. The van der Waals surface area contributed by atoms with Gasteiger partial charge in [0.15, 0.2) is 0 Å². The van der Waals surface area contributed by atoms with E-state index in [2.05, 4.69) is 6.92 Å². The first kappa shape index (κ1) is 14.2. The highest BCUT2D eigenvalue weighted by molar-refractivity contribution is 5.86. The van der Waals surface area contributed by atoms with E-state index in [9.17, 15) is 14.7 Å². The minimum absolute atomic E-state index is 0.000970. The molecular formula is C17H23NO4. The second-order valence-electron chi connectivity index (χ2n) is 7.21. The standard InChI is InChI=1S/C17H23NO4/c1-3-10-11-6-4-5-7-18-12(19)8-17(21,15(11)18)13-9(2)16(20)22-14(10)13/h9-10,13-14,21H,3-8H2,1-2H3/t9-,10+,13-,14-,17+/m0/s1. The van der Waals surface area contributed by atoms with Crippen LogP contribution in [0, 0.1) is 17.8 Å². The van der Waals surface area contributed by atoms with Crippen LogP contribution in [0.1, 0.15) is 46.0 Å². The molecule has 3 aliphatic heterocycles. The number of hydrogen-bond donors (Lipinski definition) is 1. The molecule has 2 saturated heterocycles. The van der Waals surface area contributed by atoms with E-state index in [1.807, 2.05) is 6.92 Å². The van der Waals surface area contributed by atoms with E-state index >= 15 is 0 Å². The van der Waals surface area contributed by atoms with Crippen molar-refractivity contribution in [1.29, 1.82) is 0 Å². The highest BCUT2D eigenvalue weighted by Gasteiger charge is 2.65. The zero-order valence-corrected chi connectivity index (χ0v) is 13.2. The fourth-order valence-corrected chi connectivity index (χ4v) is 5.24. The van der Waals surface area contributed by atoms with Gasteiger partial charge in [0.05, 0.1) is 18.0 Å². The molecule has 2 fully saturated rings. The Morgan fingerprint density at radius 3 is 2.86 bits per heavy atom. The maximum atomic E-state index is 12.5. The van der Waals surface area contributed by atoms with Crippen molar-refractivity contribution in [2.24, 2.45) is 17.8 Å². The molecule has 0 bridgehead atoms. The Kier molecular flexibility index (Phi) is 2.96. The van der Waals surface area contributed by atoms with Gasteiger partial charge in [-0.2, -0.15) is 0 Å². The van der Waals surface area contributed by atoms with Gasteiger partial charge in [0, 0.05) is 18.4 Å².